The lowest BCUT2D eigenvalue weighted by Crippen LogP contribution is -2.41. The lowest BCUT2D eigenvalue weighted by atomic mass is 10.2. The van der Waals surface area contributed by atoms with Crippen LogP contribution >= 0.6 is 11.6 Å². The summed E-state index contributed by atoms with van der Waals surface area (Å²) < 4.78 is 32.6. The first-order valence-corrected chi connectivity index (χ1v) is 11.1. The fraction of sp³-hybridized carbons (Fsp3) is 0.350. The van der Waals surface area contributed by atoms with Crippen LogP contribution in [0.1, 0.15) is 11.1 Å². The molecule has 1 N–H and O–H groups in total. The van der Waals surface area contributed by atoms with Crippen molar-refractivity contribution >= 4 is 27.7 Å². The van der Waals surface area contributed by atoms with Crippen LogP contribution in [0.3, 0.4) is 0 Å². The highest BCUT2D eigenvalue weighted by Crippen LogP contribution is 2.21. The number of nitrogens with zero attached hydrogens (tertiary/aromatic N) is 2. The predicted molar refractivity (Wildman–Crippen MR) is 111 cm³/mol. The molecule has 0 bridgehead atoms. The molecule has 1 aliphatic rings. The zero-order valence-electron chi connectivity index (χ0n) is 16.2. The van der Waals surface area contributed by atoms with E-state index in [1.807, 2.05) is 12.1 Å². The monoisotopic (exact) mass is 437 g/mol. The average molecular weight is 438 g/mol. The summed E-state index contributed by atoms with van der Waals surface area (Å²) in [6.45, 7) is 1.95. The van der Waals surface area contributed by atoms with E-state index in [-0.39, 0.29) is 17.5 Å². The number of urea groups is 1. The zero-order valence-corrected chi connectivity index (χ0v) is 17.7. The molecule has 29 heavy (non-hydrogen) atoms. The molecular formula is C20H24ClN3O4S. The second kappa shape index (κ2) is 9.58. The number of morpholine rings is 1. The van der Waals surface area contributed by atoms with Gasteiger partial charge >= 0.3 is 6.03 Å². The minimum atomic E-state index is -3.64. The lowest BCUT2D eigenvalue weighted by molar-refractivity contribution is 0.0730. The van der Waals surface area contributed by atoms with E-state index in [9.17, 15) is 13.2 Å². The molecule has 9 heteroatoms. The largest absolute Gasteiger partial charge is 0.379 e. The van der Waals surface area contributed by atoms with Crippen LogP contribution in [0.4, 0.5) is 4.79 Å². The third kappa shape index (κ3) is 5.48. The number of hydrogen-bond acceptors (Lipinski definition) is 4. The number of hydrogen-bond donors (Lipinski definition) is 1. The summed E-state index contributed by atoms with van der Waals surface area (Å²) in [5.41, 5.74) is 1.49. The quantitative estimate of drug-likeness (QED) is 0.753. The van der Waals surface area contributed by atoms with E-state index in [1.54, 1.807) is 43.4 Å². The van der Waals surface area contributed by atoms with E-state index in [0.29, 0.717) is 43.4 Å². The number of rotatable bonds is 6. The zero-order chi connectivity index (χ0) is 20.9. The molecule has 1 saturated heterocycles. The van der Waals surface area contributed by atoms with Crippen molar-refractivity contribution in [1.82, 2.24) is 14.5 Å². The summed E-state index contributed by atoms with van der Waals surface area (Å²) in [6.07, 6.45) is 0. The van der Waals surface area contributed by atoms with Crippen molar-refractivity contribution < 1.29 is 17.9 Å². The summed E-state index contributed by atoms with van der Waals surface area (Å²) in [5, 5.41) is 3.44. The van der Waals surface area contributed by atoms with Crippen molar-refractivity contribution in [2.75, 3.05) is 33.4 Å². The smallest absolute Gasteiger partial charge is 0.317 e. The normalized spacial score (nSPS) is 15.1. The van der Waals surface area contributed by atoms with E-state index >= 15 is 0 Å². The molecule has 0 aromatic heterocycles. The Labute approximate surface area is 176 Å². The molecule has 2 amide bonds. The first-order valence-electron chi connectivity index (χ1n) is 9.27. The van der Waals surface area contributed by atoms with E-state index in [2.05, 4.69) is 5.32 Å². The van der Waals surface area contributed by atoms with Gasteiger partial charge in [-0.2, -0.15) is 4.31 Å². The minimum absolute atomic E-state index is 0.115. The molecule has 0 spiro atoms. The van der Waals surface area contributed by atoms with Gasteiger partial charge in [0, 0.05) is 38.2 Å². The van der Waals surface area contributed by atoms with E-state index in [0.717, 1.165) is 5.56 Å². The van der Waals surface area contributed by atoms with Gasteiger partial charge < -0.3 is 15.0 Å². The Morgan fingerprint density at radius 2 is 1.79 bits per heavy atom. The van der Waals surface area contributed by atoms with Crippen molar-refractivity contribution in [2.45, 2.75) is 18.0 Å². The molecule has 1 fully saturated rings. The maximum Gasteiger partial charge on any atom is 0.317 e. The van der Waals surface area contributed by atoms with Crippen molar-refractivity contribution in [1.29, 1.82) is 0 Å². The fourth-order valence-corrected chi connectivity index (χ4v) is 4.82. The minimum Gasteiger partial charge on any atom is -0.379 e. The van der Waals surface area contributed by atoms with Gasteiger partial charge in [-0.05, 0) is 29.3 Å². The Balaban J connectivity index is 1.66. The molecule has 156 valence electrons. The summed E-state index contributed by atoms with van der Waals surface area (Å²) in [7, 11) is -1.96. The van der Waals surface area contributed by atoms with Gasteiger partial charge in [-0.25, -0.2) is 13.2 Å². The van der Waals surface area contributed by atoms with Gasteiger partial charge in [0.05, 0.1) is 18.1 Å². The first kappa shape index (κ1) is 21.6. The number of carbonyl (C=O) groups is 1. The highest BCUT2D eigenvalue weighted by molar-refractivity contribution is 7.89. The van der Waals surface area contributed by atoms with Crippen LogP contribution in [0.5, 0.6) is 0 Å². The maximum atomic E-state index is 13.0. The SMILES string of the molecule is CN(Cc1ccc(Cl)cc1)C(=O)NCc1ccccc1S(=O)(=O)N1CCOCC1. The van der Waals surface area contributed by atoms with E-state index in [4.69, 9.17) is 16.3 Å². The number of nitrogens with one attached hydrogen (secondary N) is 1. The standard InChI is InChI=1S/C20H24ClN3O4S/c1-23(15-16-6-8-18(21)9-7-16)20(25)22-14-17-4-2-3-5-19(17)29(26,27)24-10-12-28-13-11-24/h2-9H,10-15H2,1H3,(H,22,25). The third-order valence-corrected chi connectivity index (χ3v) is 6.92. The Hall–Kier alpha value is -2.13. The Kier molecular flexibility index (Phi) is 7.13. The van der Waals surface area contributed by atoms with Crippen molar-refractivity contribution in [3.63, 3.8) is 0 Å². The van der Waals surface area contributed by atoms with E-state index < -0.39 is 10.0 Å². The first-order chi connectivity index (χ1) is 13.9. The molecule has 1 aliphatic heterocycles. The third-order valence-electron chi connectivity index (χ3n) is 4.67. The number of halogens is 1. The topological polar surface area (TPSA) is 79.0 Å². The molecule has 2 aromatic carbocycles. The van der Waals surface area contributed by atoms with Crippen LogP contribution in [0.25, 0.3) is 0 Å². The number of sulfonamides is 1. The number of ether oxygens (including phenoxy) is 1. The van der Waals surface area contributed by atoms with Crippen LogP contribution in [0, 0.1) is 0 Å². The van der Waals surface area contributed by atoms with Gasteiger partial charge in [0.25, 0.3) is 0 Å². The molecular weight excluding hydrogens is 414 g/mol. The highest BCUT2D eigenvalue weighted by Gasteiger charge is 2.28. The number of carbonyl (C=O) groups excluding carboxylic acids is 1. The fourth-order valence-electron chi connectivity index (χ4n) is 3.07. The van der Waals surface area contributed by atoms with Gasteiger partial charge in [-0.15, -0.1) is 0 Å². The average Bonchev–Trinajstić information content (AvgIpc) is 2.74. The highest BCUT2D eigenvalue weighted by atomic mass is 35.5. The van der Waals surface area contributed by atoms with Gasteiger partial charge in [-0.3, -0.25) is 0 Å². The van der Waals surface area contributed by atoms with E-state index in [1.165, 1.54) is 9.21 Å². The molecule has 3 rings (SSSR count). The van der Waals surface area contributed by atoms with Crippen LogP contribution in [0.2, 0.25) is 5.02 Å². The molecule has 7 nitrogen and oxygen atoms in total. The molecule has 2 aromatic rings. The second-order valence-electron chi connectivity index (χ2n) is 6.77. The lowest BCUT2D eigenvalue weighted by Gasteiger charge is -2.27. The molecule has 0 atom stereocenters. The van der Waals surface area contributed by atoms with Crippen LogP contribution in [0.15, 0.2) is 53.4 Å². The number of amides is 2. The predicted octanol–water partition coefficient (Wildman–Crippen LogP) is 2.70. The Morgan fingerprint density at radius 3 is 2.48 bits per heavy atom. The molecule has 0 radical (unpaired) electrons. The molecule has 0 saturated carbocycles. The van der Waals surface area contributed by atoms with Crippen molar-refractivity contribution in [2.24, 2.45) is 0 Å². The second-order valence-corrected chi connectivity index (χ2v) is 9.11. The Morgan fingerprint density at radius 1 is 1.14 bits per heavy atom. The molecule has 0 aliphatic carbocycles. The molecule has 0 unspecified atom stereocenters. The van der Waals surface area contributed by atoms with Crippen molar-refractivity contribution in [3.05, 3.63) is 64.7 Å². The van der Waals surface area contributed by atoms with Crippen LogP contribution in [-0.2, 0) is 27.8 Å². The Bertz CT molecular complexity index is 944. The van der Waals surface area contributed by atoms with Gasteiger partial charge in [-0.1, -0.05) is 41.9 Å². The maximum absolute atomic E-state index is 13.0. The summed E-state index contributed by atoms with van der Waals surface area (Å²) in [5.74, 6) is 0. The van der Waals surface area contributed by atoms with Gasteiger partial charge in [0.1, 0.15) is 0 Å². The van der Waals surface area contributed by atoms with Crippen LogP contribution in [-0.4, -0.2) is 57.0 Å². The summed E-state index contributed by atoms with van der Waals surface area (Å²) in [6, 6.07) is 13.7. The number of benzene rings is 2. The summed E-state index contributed by atoms with van der Waals surface area (Å²) in [4.78, 5) is 14.2. The summed E-state index contributed by atoms with van der Waals surface area (Å²) >= 11 is 5.88. The van der Waals surface area contributed by atoms with Gasteiger partial charge in [0.15, 0.2) is 0 Å². The van der Waals surface area contributed by atoms with Gasteiger partial charge in [0.2, 0.25) is 10.0 Å². The van der Waals surface area contributed by atoms with Crippen LogP contribution < -0.4 is 5.32 Å². The van der Waals surface area contributed by atoms with Crippen molar-refractivity contribution in [3.8, 4) is 0 Å². The molecule has 1 heterocycles.